The Bertz CT molecular complexity index is 1030. The van der Waals surface area contributed by atoms with Gasteiger partial charge in [0.2, 0.25) is 5.43 Å². The molecule has 7 heteroatoms. The number of aromatic amines is 1. The minimum absolute atomic E-state index is 0.0263. The van der Waals surface area contributed by atoms with Crippen molar-refractivity contribution in [3.05, 3.63) is 74.3 Å². The predicted molar refractivity (Wildman–Crippen MR) is 89.0 cm³/mol. The number of benzene rings is 2. The fourth-order valence-corrected chi connectivity index (χ4v) is 2.71. The summed E-state index contributed by atoms with van der Waals surface area (Å²) in [6.07, 6.45) is 1.23. The molecule has 0 aliphatic carbocycles. The molecule has 0 saturated carbocycles. The molecule has 3 rings (SSSR count). The number of carbonyl (C=O) groups excluding carboxylic acids is 1. The van der Waals surface area contributed by atoms with Gasteiger partial charge in [-0.05, 0) is 23.3 Å². The average Bonchev–Trinajstić information content (AvgIpc) is 2.53. The summed E-state index contributed by atoms with van der Waals surface area (Å²) in [5, 5.41) is 10.3. The summed E-state index contributed by atoms with van der Waals surface area (Å²) in [6, 6.07) is 7.31. The Kier molecular flexibility index (Phi) is 3.99. The van der Waals surface area contributed by atoms with E-state index in [4.69, 9.17) is 17.3 Å². The Hall–Kier alpha value is -2.86. The first-order chi connectivity index (χ1) is 11.4. The lowest BCUT2D eigenvalue weighted by Gasteiger charge is -2.09. The molecule has 1 heterocycles. The smallest absolute Gasteiger partial charge is 0.254 e. The second kappa shape index (κ2) is 5.98. The first kappa shape index (κ1) is 16.0. The Morgan fingerprint density at radius 2 is 2.04 bits per heavy atom. The molecule has 0 unspecified atom stereocenters. The van der Waals surface area contributed by atoms with Crippen LogP contribution in [0.1, 0.15) is 21.5 Å². The van der Waals surface area contributed by atoms with Gasteiger partial charge in [0.15, 0.2) is 0 Å². The number of nitrogens with two attached hydrogens (primary N) is 1. The van der Waals surface area contributed by atoms with Gasteiger partial charge >= 0.3 is 0 Å². The third-order valence-electron chi connectivity index (χ3n) is 3.76. The number of halogens is 2. The monoisotopic (exact) mass is 346 g/mol. The van der Waals surface area contributed by atoms with Crippen LogP contribution in [0.2, 0.25) is 5.02 Å². The summed E-state index contributed by atoms with van der Waals surface area (Å²) in [5.74, 6) is -1.54. The van der Waals surface area contributed by atoms with Crippen LogP contribution in [-0.2, 0) is 6.42 Å². The minimum atomic E-state index is -0.853. The van der Waals surface area contributed by atoms with Gasteiger partial charge in [-0.25, -0.2) is 4.39 Å². The lowest BCUT2D eigenvalue weighted by atomic mass is 10.0. The summed E-state index contributed by atoms with van der Waals surface area (Å²) in [7, 11) is 0. The van der Waals surface area contributed by atoms with Crippen molar-refractivity contribution in [1.29, 1.82) is 0 Å². The minimum Gasteiger partial charge on any atom is -0.508 e. The van der Waals surface area contributed by atoms with Gasteiger partial charge in [0.1, 0.15) is 17.1 Å². The highest BCUT2D eigenvalue weighted by Gasteiger charge is 2.14. The fourth-order valence-electron chi connectivity index (χ4n) is 2.52. The van der Waals surface area contributed by atoms with Gasteiger partial charge in [-0.1, -0.05) is 23.7 Å². The third-order valence-corrected chi connectivity index (χ3v) is 4.05. The summed E-state index contributed by atoms with van der Waals surface area (Å²) in [6.45, 7) is 0. The molecule has 0 aliphatic rings. The second-order valence-electron chi connectivity index (χ2n) is 5.31. The van der Waals surface area contributed by atoms with Crippen molar-refractivity contribution in [1.82, 2.24) is 4.98 Å². The van der Waals surface area contributed by atoms with E-state index >= 15 is 0 Å². The molecule has 0 bridgehead atoms. The topological polar surface area (TPSA) is 96.2 Å². The Morgan fingerprint density at radius 1 is 1.29 bits per heavy atom. The van der Waals surface area contributed by atoms with Crippen LogP contribution in [0.25, 0.3) is 10.9 Å². The number of pyridine rings is 1. The number of H-pyrrole nitrogens is 1. The number of aromatic hydroxyl groups is 1. The lowest BCUT2D eigenvalue weighted by Crippen LogP contribution is -2.22. The quantitative estimate of drug-likeness (QED) is 0.680. The zero-order valence-electron chi connectivity index (χ0n) is 12.3. The van der Waals surface area contributed by atoms with E-state index in [1.165, 1.54) is 30.5 Å². The molecule has 5 nitrogen and oxygen atoms in total. The normalized spacial score (nSPS) is 10.9. The summed E-state index contributed by atoms with van der Waals surface area (Å²) in [5.41, 5.74) is 5.37. The van der Waals surface area contributed by atoms with Gasteiger partial charge in [-0.3, -0.25) is 9.59 Å². The number of primary amides is 1. The highest BCUT2D eigenvalue weighted by Crippen LogP contribution is 2.27. The first-order valence-electron chi connectivity index (χ1n) is 6.98. The maximum absolute atomic E-state index is 14.0. The van der Waals surface area contributed by atoms with Crippen molar-refractivity contribution < 1.29 is 14.3 Å². The van der Waals surface area contributed by atoms with Crippen LogP contribution < -0.4 is 11.2 Å². The molecule has 0 spiro atoms. The number of phenolic OH excluding ortho intramolecular Hbond substituents is 1. The Morgan fingerprint density at radius 3 is 2.75 bits per heavy atom. The van der Waals surface area contributed by atoms with Crippen LogP contribution in [0, 0.1) is 5.82 Å². The predicted octanol–water partition coefficient (Wildman–Crippen LogP) is 2.72. The molecular weight excluding hydrogens is 335 g/mol. The number of aromatic nitrogens is 1. The number of phenols is 1. The van der Waals surface area contributed by atoms with E-state index < -0.39 is 17.2 Å². The van der Waals surface area contributed by atoms with Crippen LogP contribution in [0.5, 0.6) is 5.75 Å². The van der Waals surface area contributed by atoms with Crippen molar-refractivity contribution in [2.75, 3.05) is 0 Å². The number of carbonyl (C=O) groups is 1. The molecule has 1 aromatic heterocycles. The standard InChI is InChI=1S/C17H12ClFN2O3/c18-12-3-1-2-8(15(12)19)4-9-5-10-13(6-14(9)22)21-7-11(16(10)23)17(20)24/h1-3,5-7,22H,4H2,(H2,20,24)(H,21,23). The van der Waals surface area contributed by atoms with Gasteiger partial charge in [-0.2, -0.15) is 0 Å². The van der Waals surface area contributed by atoms with Gasteiger partial charge in [0.05, 0.1) is 10.5 Å². The van der Waals surface area contributed by atoms with Gasteiger partial charge in [0, 0.05) is 24.1 Å². The fraction of sp³-hybridized carbons (Fsp3) is 0.0588. The molecule has 122 valence electrons. The number of fused-ring (bicyclic) bond motifs is 1. The molecule has 2 aromatic carbocycles. The average molecular weight is 347 g/mol. The maximum atomic E-state index is 14.0. The molecule has 0 saturated heterocycles. The van der Waals surface area contributed by atoms with E-state index in [1.54, 1.807) is 6.07 Å². The SMILES string of the molecule is NC(=O)c1c[nH]c2cc(O)c(Cc3cccc(Cl)c3F)cc2c1=O. The van der Waals surface area contributed by atoms with Crippen LogP contribution in [-0.4, -0.2) is 16.0 Å². The number of nitrogens with one attached hydrogen (secondary N) is 1. The largest absolute Gasteiger partial charge is 0.508 e. The van der Waals surface area contributed by atoms with Crippen LogP contribution >= 0.6 is 11.6 Å². The van der Waals surface area contributed by atoms with E-state index in [-0.39, 0.29) is 33.7 Å². The molecule has 0 radical (unpaired) electrons. The van der Waals surface area contributed by atoms with E-state index in [1.807, 2.05) is 0 Å². The summed E-state index contributed by atoms with van der Waals surface area (Å²) >= 11 is 5.75. The Balaban J connectivity index is 2.16. The highest BCUT2D eigenvalue weighted by molar-refractivity contribution is 6.30. The zero-order chi connectivity index (χ0) is 17.4. The highest BCUT2D eigenvalue weighted by atomic mass is 35.5. The van der Waals surface area contributed by atoms with Gasteiger partial charge in [-0.15, -0.1) is 0 Å². The summed E-state index contributed by atoms with van der Waals surface area (Å²) in [4.78, 5) is 26.3. The van der Waals surface area contributed by atoms with E-state index in [0.717, 1.165) is 0 Å². The molecule has 4 N–H and O–H groups in total. The van der Waals surface area contributed by atoms with Crippen LogP contribution in [0.15, 0.2) is 41.3 Å². The number of hydrogen-bond acceptors (Lipinski definition) is 3. The molecule has 0 aliphatic heterocycles. The van der Waals surface area contributed by atoms with Crippen molar-refractivity contribution in [3.63, 3.8) is 0 Å². The number of hydrogen-bond donors (Lipinski definition) is 3. The van der Waals surface area contributed by atoms with Crippen molar-refractivity contribution in [3.8, 4) is 5.75 Å². The van der Waals surface area contributed by atoms with Crippen LogP contribution in [0.3, 0.4) is 0 Å². The lowest BCUT2D eigenvalue weighted by molar-refractivity contribution is 0.0999. The molecular formula is C17H12ClFN2O3. The van der Waals surface area contributed by atoms with E-state index in [0.29, 0.717) is 11.1 Å². The first-order valence-corrected chi connectivity index (χ1v) is 7.36. The van der Waals surface area contributed by atoms with E-state index in [9.17, 15) is 19.1 Å². The molecule has 3 aromatic rings. The molecule has 1 amide bonds. The third kappa shape index (κ3) is 2.72. The maximum Gasteiger partial charge on any atom is 0.254 e. The van der Waals surface area contributed by atoms with Gasteiger partial charge < -0.3 is 15.8 Å². The van der Waals surface area contributed by atoms with Gasteiger partial charge in [0.25, 0.3) is 5.91 Å². The molecule has 0 fully saturated rings. The Labute approximate surface area is 140 Å². The van der Waals surface area contributed by atoms with Crippen molar-refractivity contribution in [2.24, 2.45) is 5.73 Å². The zero-order valence-corrected chi connectivity index (χ0v) is 13.0. The second-order valence-corrected chi connectivity index (χ2v) is 5.72. The summed E-state index contributed by atoms with van der Waals surface area (Å²) < 4.78 is 14.0. The van der Waals surface area contributed by atoms with E-state index in [2.05, 4.69) is 4.98 Å². The molecule has 24 heavy (non-hydrogen) atoms. The number of amides is 1. The molecule has 0 atom stereocenters. The van der Waals surface area contributed by atoms with Crippen LogP contribution in [0.4, 0.5) is 4.39 Å². The van der Waals surface area contributed by atoms with Crippen molar-refractivity contribution >= 4 is 28.4 Å². The number of rotatable bonds is 3. The van der Waals surface area contributed by atoms with Crippen molar-refractivity contribution in [2.45, 2.75) is 6.42 Å².